The standard InChI is InChI=1S/C12H14As2N2/c13-11-5-7(15)1-3-9(11)10-4-2-8(16)6-12(10)14/h1-6H,13-16H2. The summed E-state index contributed by atoms with van der Waals surface area (Å²) in [6, 6.07) is 12.1. The van der Waals surface area contributed by atoms with Crippen molar-refractivity contribution in [1.82, 2.24) is 0 Å². The van der Waals surface area contributed by atoms with Crippen molar-refractivity contribution < 1.29 is 0 Å². The molecular weight excluding hydrogens is 322 g/mol. The van der Waals surface area contributed by atoms with Gasteiger partial charge in [0.25, 0.3) is 0 Å². The quantitative estimate of drug-likeness (QED) is 0.521. The van der Waals surface area contributed by atoms with Gasteiger partial charge in [-0.3, -0.25) is 0 Å². The molecule has 0 spiro atoms. The zero-order valence-corrected chi connectivity index (χ0v) is 13.6. The molecule has 0 bridgehead atoms. The Morgan fingerprint density at radius 1 is 0.688 bits per heavy atom. The van der Waals surface area contributed by atoms with Crippen LogP contribution in [-0.2, 0) is 0 Å². The third-order valence-electron chi connectivity index (χ3n) is 2.44. The van der Waals surface area contributed by atoms with E-state index in [9.17, 15) is 0 Å². The zero-order chi connectivity index (χ0) is 11.7. The second-order valence-corrected chi connectivity index (χ2v) is 6.30. The Kier molecular flexibility index (Phi) is 3.32. The molecule has 2 unspecified atom stereocenters. The van der Waals surface area contributed by atoms with E-state index in [4.69, 9.17) is 11.5 Å². The summed E-state index contributed by atoms with van der Waals surface area (Å²) < 4.78 is 2.52. The normalized spacial score (nSPS) is 10.4. The van der Waals surface area contributed by atoms with E-state index >= 15 is 0 Å². The molecule has 4 heteroatoms. The Labute approximate surface area is 112 Å². The van der Waals surface area contributed by atoms with Gasteiger partial charge in [-0.25, -0.2) is 0 Å². The number of rotatable bonds is 1. The van der Waals surface area contributed by atoms with E-state index in [0.29, 0.717) is 0 Å². The third-order valence-corrected chi connectivity index (χ3v) is 4.45. The molecule has 0 aliphatic heterocycles. The third kappa shape index (κ3) is 2.29. The van der Waals surface area contributed by atoms with Gasteiger partial charge in [-0.2, -0.15) is 0 Å². The summed E-state index contributed by atoms with van der Waals surface area (Å²) in [5, 5.41) is 0. The number of hydrogen-bond acceptors (Lipinski definition) is 2. The van der Waals surface area contributed by atoms with Crippen molar-refractivity contribution >= 4 is 53.8 Å². The van der Waals surface area contributed by atoms with E-state index in [1.54, 1.807) is 33.7 Å². The average molecular weight is 336 g/mol. The van der Waals surface area contributed by atoms with Crippen LogP contribution >= 0.6 is 0 Å². The summed E-state index contributed by atoms with van der Waals surface area (Å²) in [5.74, 6) is 0. The van der Waals surface area contributed by atoms with E-state index in [2.05, 4.69) is 12.1 Å². The summed E-state index contributed by atoms with van der Waals surface area (Å²) in [6.07, 6.45) is 0. The molecule has 4 N–H and O–H groups in total. The Hall–Kier alpha value is -0.843. The monoisotopic (exact) mass is 336 g/mol. The number of hydrogen-bond donors (Lipinski definition) is 2. The average Bonchev–Trinajstić information content (AvgIpc) is 2.19. The number of anilines is 2. The summed E-state index contributed by atoms with van der Waals surface area (Å²) in [6.45, 7) is 0. The Morgan fingerprint density at radius 3 is 1.38 bits per heavy atom. The van der Waals surface area contributed by atoms with Gasteiger partial charge in [-0.05, 0) is 0 Å². The van der Waals surface area contributed by atoms with Gasteiger partial charge in [0.15, 0.2) is 0 Å². The fraction of sp³-hybridized carbons (Fsp3) is 0. The number of nitrogen functional groups attached to an aromatic ring is 2. The molecule has 0 aliphatic carbocycles. The second kappa shape index (κ2) is 4.57. The first-order valence-electron chi connectivity index (χ1n) is 4.88. The van der Waals surface area contributed by atoms with Gasteiger partial charge in [0.2, 0.25) is 0 Å². The Morgan fingerprint density at radius 2 is 1.06 bits per heavy atom. The van der Waals surface area contributed by atoms with Crippen molar-refractivity contribution in [2.24, 2.45) is 0 Å². The van der Waals surface area contributed by atoms with Crippen LogP contribution in [0.25, 0.3) is 11.1 Å². The van der Waals surface area contributed by atoms with Crippen LogP contribution in [0.15, 0.2) is 36.4 Å². The predicted octanol–water partition coefficient (Wildman–Crippen LogP) is -0.965. The molecule has 0 aromatic heterocycles. The molecule has 82 valence electrons. The van der Waals surface area contributed by atoms with Gasteiger partial charge < -0.3 is 0 Å². The molecule has 2 atom stereocenters. The summed E-state index contributed by atoms with van der Waals surface area (Å²) in [5.41, 5.74) is 15.7. The van der Waals surface area contributed by atoms with Crippen LogP contribution in [0.3, 0.4) is 0 Å². The maximum atomic E-state index is 5.76. The topological polar surface area (TPSA) is 52.0 Å². The van der Waals surface area contributed by atoms with Gasteiger partial charge >= 0.3 is 113 Å². The molecule has 0 amide bonds. The molecule has 2 nitrogen and oxygen atoms in total. The molecule has 2 aromatic carbocycles. The van der Waals surface area contributed by atoms with Gasteiger partial charge in [0.05, 0.1) is 0 Å². The summed E-state index contributed by atoms with van der Waals surface area (Å²) >= 11 is 3.19. The molecule has 2 aromatic rings. The predicted molar refractivity (Wildman–Crippen MR) is 77.1 cm³/mol. The van der Waals surface area contributed by atoms with Crippen LogP contribution in [0.5, 0.6) is 0 Å². The molecule has 16 heavy (non-hydrogen) atoms. The Bertz CT molecular complexity index is 489. The molecule has 0 saturated carbocycles. The number of benzene rings is 2. The molecule has 0 saturated heterocycles. The molecule has 0 heterocycles. The fourth-order valence-corrected chi connectivity index (χ4v) is 3.52. The van der Waals surface area contributed by atoms with Crippen molar-refractivity contribution in [1.29, 1.82) is 0 Å². The van der Waals surface area contributed by atoms with E-state index < -0.39 is 0 Å². The van der Waals surface area contributed by atoms with Gasteiger partial charge in [0, 0.05) is 0 Å². The van der Waals surface area contributed by atoms with Crippen LogP contribution in [0.1, 0.15) is 0 Å². The van der Waals surface area contributed by atoms with Crippen molar-refractivity contribution in [3.8, 4) is 11.1 Å². The first-order chi connectivity index (χ1) is 7.58. The fourth-order valence-electron chi connectivity index (χ4n) is 1.65. The van der Waals surface area contributed by atoms with Crippen molar-refractivity contribution in [2.75, 3.05) is 11.5 Å². The van der Waals surface area contributed by atoms with Crippen molar-refractivity contribution in [3.63, 3.8) is 0 Å². The Balaban J connectivity index is 2.59. The minimum atomic E-state index is 0.821. The zero-order valence-electron chi connectivity index (χ0n) is 8.77. The van der Waals surface area contributed by atoms with Crippen LogP contribution in [0.4, 0.5) is 11.4 Å². The van der Waals surface area contributed by atoms with Crippen LogP contribution < -0.4 is 20.2 Å². The summed E-state index contributed by atoms with van der Waals surface area (Å²) in [4.78, 5) is 0. The number of nitrogens with two attached hydrogens (primary N) is 2. The molecule has 2 rings (SSSR count). The molecular formula is C12H14As2N2. The molecule has 0 fully saturated rings. The maximum absolute atomic E-state index is 5.76. The first-order valence-corrected chi connectivity index (χ1v) is 7.30. The van der Waals surface area contributed by atoms with Crippen molar-refractivity contribution in [3.05, 3.63) is 36.4 Å². The van der Waals surface area contributed by atoms with Gasteiger partial charge in [0.1, 0.15) is 0 Å². The summed E-state index contributed by atoms with van der Waals surface area (Å²) in [7, 11) is 0. The van der Waals surface area contributed by atoms with Crippen molar-refractivity contribution in [2.45, 2.75) is 0 Å². The van der Waals surface area contributed by atoms with Crippen LogP contribution in [0, 0.1) is 0 Å². The van der Waals surface area contributed by atoms with E-state index in [-0.39, 0.29) is 0 Å². The second-order valence-electron chi connectivity index (χ2n) is 3.69. The van der Waals surface area contributed by atoms with Crippen LogP contribution in [-0.4, -0.2) is 33.7 Å². The molecule has 0 aliphatic rings. The first kappa shape index (κ1) is 11.6. The SMILES string of the molecule is Nc1ccc(-c2ccc(N)cc2[AsH2])c([AsH2])c1. The minimum absolute atomic E-state index is 0.821. The van der Waals surface area contributed by atoms with E-state index in [1.807, 2.05) is 24.3 Å². The van der Waals surface area contributed by atoms with Crippen LogP contribution in [0.2, 0.25) is 0 Å². The van der Waals surface area contributed by atoms with E-state index in [0.717, 1.165) is 11.4 Å². The van der Waals surface area contributed by atoms with E-state index in [1.165, 1.54) is 19.8 Å². The van der Waals surface area contributed by atoms with Gasteiger partial charge in [-0.1, -0.05) is 0 Å². The van der Waals surface area contributed by atoms with Gasteiger partial charge in [-0.15, -0.1) is 0 Å². The molecule has 0 radical (unpaired) electrons.